The zero-order chi connectivity index (χ0) is 18.7. The predicted molar refractivity (Wildman–Crippen MR) is 101 cm³/mol. The number of para-hydroxylation sites is 1. The Labute approximate surface area is 159 Å². The van der Waals surface area contributed by atoms with E-state index in [0.29, 0.717) is 33.1 Å². The van der Waals surface area contributed by atoms with E-state index in [1.54, 1.807) is 37.3 Å². The third kappa shape index (κ3) is 3.81. The standard InChI is InChI=1S/C18H15Cl2N3O3/c1-2-14(26-15-8-7-10(19)9-12(15)20)17(24)23-22-16-11-5-3-4-6-13(11)21-18(16)25/h3-9,14,21,25H,2H2,1H3. The summed E-state index contributed by atoms with van der Waals surface area (Å²) < 4.78 is 5.63. The van der Waals surface area contributed by atoms with Gasteiger partial charge in [0.05, 0.1) is 10.5 Å². The fourth-order valence-corrected chi connectivity index (χ4v) is 2.86. The first-order chi connectivity index (χ1) is 12.5. The van der Waals surface area contributed by atoms with Gasteiger partial charge in [-0.25, -0.2) is 0 Å². The first kappa shape index (κ1) is 18.2. The number of nitrogens with zero attached hydrogens (tertiary/aromatic N) is 2. The average Bonchev–Trinajstić information content (AvgIpc) is 2.94. The van der Waals surface area contributed by atoms with Gasteiger partial charge in [-0.3, -0.25) is 4.79 Å². The highest BCUT2D eigenvalue weighted by Gasteiger charge is 2.20. The van der Waals surface area contributed by atoms with E-state index in [4.69, 9.17) is 27.9 Å². The Morgan fingerprint density at radius 1 is 1.27 bits per heavy atom. The van der Waals surface area contributed by atoms with Crippen LogP contribution in [0.3, 0.4) is 0 Å². The van der Waals surface area contributed by atoms with E-state index in [1.165, 1.54) is 6.07 Å². The van der Waals surface area contributed by atoms with Crippen molar-refractivity contribution in [3.8, 4) is 11.6 Å². The van der Waals surface area contributed by atoms with Crippen molar-refractivity contribution in [2.45, 2.75) is 19.4 Å². The van der Waals surface area contributed by atoms with E-state index in [1.807, 2.05) is 6.07 Å². The molecule has 3 aromatic rings. The molecule has 0 fully saturated rings. The molecule has 1 amide bonds. The van der Waals surface area contributed by atoms with Crippen LogP contribution in [0.2, 0.25) is 10.0 Å². The number of amides is 1. The highest BCUT2D eigenvalue weighted by Crippen LogP contribution is 2.35. The Balaban J connectivity index is 1.80. The molecule has 0 saturated heterocycles. The summed E-state index contributed by atoms with van der Waals surface area (Å²) in [6.07, 6.45) is -0.485. The average molecular weight is 392 g/mol. The Hall–Kier alpha value is -2.57. The molecule has 1 aromatic heterocycles. The van der Waals surface area contributed by atoms with Gasteiger partial charge in [0.2, 0.25) is 5.88 Å². The zero-order valence-electron chi connectivity index (χ0n) is 13.7. The molecule has 134 valence electrons. The lowest BCUT2D eigenvalue weighted by Crippen LogP contribution is -2.24. The van der Waals surface area contributed by atoms with Crippen LogP contribution in [0.15, 0.2) is 52.7 Å². The van der Waals surface area contributed by atoms with Gasteiger partial charge in [0.15, 0.2) is 11.8 Å². The molecule has 1 unspecified atom stereocenters. The number of carbonyl (C=O) groups is 1. The van der Waals surface area contributed by atoms with Crippen LogP contribution in [0.1, 0.15) is 13.3 Å². The third-order valence-corrected chi connectivity index (χ3v) is 4.25. The van der Waals surface area contributed by atoms with Crippen LogP contribution in [-0.2, 0) is 4.79 Å². The van der Waals surface area contributed by atoms with Gasteiger partial charge in [-0.2, -0.15) is 0 Å². The van der Waals surface area contributed by atoms with E-state index < -0.39 is 12.0 Å². The number of azo groups is 1. The fraction of sp³-hybridized carbons (Fsp3) is 0.167. The van der Waals surface area contributed by atoms with Crippen LogP contribution in [0.4, 0.5) is 5.69 Å². The van der Waals surface area contributed by atoms with E-state index in [0.717, 1.165) is 0 Å². The van der Waals surface area contributed by atoms with Gasteiger partial charge in [-0.1, -0.05) is 48.3 Å². The first-order valence-corrected chi connectivity index (χ1v) is 8.62. The van der Waals surface area contributed by atoms with Gasteiger partial charge in [0.1, 0.15) is 5.75 Å². The van der Waals surface area contributed by atoms with E-state index in [9.17, 15) is 9.90 Å². The highest BCUT2D eigenvalue weighted by molar-refractivity contribution is 6.35. The first-order valence-electron chi connectivity index (χ1n) is 7.86. The van der Waals surface area contributed by atoms with Crippen LogP contribution < -0.4 is 4.74 Å². The smallest absolute Gasteiger partial charge is 0.305 e. The molecule has 1 heterocycles. The lowest BCUT2D eigenvalue weighted by atomic mass is 10.2. The number of benzene rings is 2. The van der Waals surface area contributed by atoms with Crippen molar-refractivity contribution >= 4 is 45.7 Å². The maximum Gasteiger partial charge on any atom is 0.305 e. The van der Waals surface area contributed by atoms with Crippen LogP contribution in [0, 0.1) is 0 Å². The lowest BCUT2D eigenvalue weighted by molar-refractivity contribution is -0.125. The summed E-state index contributed by atoms with van der Waals surface area (Å²) in [6, 6.07) is 11.9. The summed E-state index contributed by atoms with van der Waals surface area (Å²) in [5.41, 5.74) is 0.899. The summed E-state index contributed by atoms with van der Waals surface area (Å²) in [5.74, 6) is -0.401. The number of nitrogens with one attached hydrogen (secondary N) is 1. The third-order valence-electron chi connectivity index (χ3n) is 3.72. The van der Waals surface area contributed by atoms with Crippen LogP contribution >= 0.6 is 23.2 Å². The van der Waals surface area contributed by atoms with Crippen molar-refractivity contribution in [2.75, 3.05) is 0 Å². The quantitative estimate of drug-likeness (QED) is 0.550. The summed E-state index contributed by atoms with van der Waals surface area (Å²) in [5, 5.41) is 19.0. The molecule has 1 atom stereocenters. The molecule has 0 bridgehead atoms. The molecule has 3 rings (SSSR count). The van der Waals surface area contributed by atoms with Crippen molar-refractivity contribution in [3.63, 3.8) is 0 Å². The number of ether oxygens (including phenoxy) is 1. The van der Waals surface area contributed by atoms with Crippen LogP contribution in [0.5, 0.6) is 11.6 Å². The molecule has 8 heteroatoms. The van der Waals surface area contributed by atoms with E-state index in [-0.39, 0.29) is 11.6 Å². The van der Waals surface area contributed by atoms with Crippen molar-refractivity contribution in [3.05, 3.63) is 52.5 Å². The molecule has 0 spiro atoms. The number of halogens is 2. The fourth-order valence-electron chi connectivity index (χ4n) is 2.41. The Bertz CT molecular complexity index is 985. The van der Waals surface area contributed by atoms with E-state index in [2.05, 4.69) is 15.2 Å². The summed E-state index contributed by atoms with van der Waals surface area (Å²) in [6.45, 7) is 1.78. The number of hydrogen-bond donors (Lipinski definition) is 2. The zero-order valence-corrected chi connectivity index (χ0v) is 15.3. The molecule has 0 aliphatic carbocycles. The Morgan fingerprint density at radius 3 is 2.77 bits per heavy atom. The minimum atomic E-state index is -0.857. The second kappa shape index (κ2) is 7.76. The molecule has 6 nitrogen and oxygen atoms in total. The summed E-state index contributed by atoms with van der Waals surface area (Å²) in [4.78, 5) is 15.1. The number of hydrogen-bond acceptors (Lipinski definition) is 4. The summed E-state index contributed by atoms with van der Waals surface area (Å²) >= 11 is 11.9. The second-order valence-electron chi connectivity index (χ2n) is 5.50. The molecule has 26 heavy (non-hydrogen) atoms. The highest BCUT2D eigenvalue weighted by atomic mass is 35.5. The van der Waals surface area contributed by atoms with Crippen molar-refractivity contribution in [1.29, 1.82) is 0 Å². The lowest BCUT2D eigenvalue weighted by Gasteiger charge is -2.14. The predicted octanol–water partition coefficient (Wildman–Crippen LogP) is 5.65. The van der Waals surface area contributed by atoms with Crippen LogP contribution in [0.25, 0.3) is 10.9 Å². The van der Waals surface area contributed by atoms with E-state index >= 15 is 0 Å². The normalized spacial score (nSPS) is 12.6. The SMILES string of the molecule is CCC(Oc1ccc(Cl)cc1Cl)C(=O)N=Nc1c(O)[nH]c2ccccc12. The topological polar surface area (TPSA) is 87.0 Å². The van der Waals surface area contributed by atoms with Gasteiger partial charge in [0.25, 0.3) is 0 Å². The number of rotatable bonds is 5. The molecule has 0 aliphatic heterocycles. The number of carbonyl (C=O) groups excluding carboxylic acids is 1. The monoisotopic (exact) mass is 391 g/mol. The Kier molecular flexibility index (Phi) is 5.44. The Morgan fingerprint density at radius 2 is 2.04 bits per heavy atom. The minimum Gasteiger partial charge on any atom is -0.493 e. The van der Waals surface area contributed by atoms with Gasteiger partial charge in [0, 0.05) is 10.4 Å². The molecule has 2 N–H and O–H groups in total. The molecule has 0 aliphatic rings. The van der Waals surface area contributed by atoms with Crippen LogP contribution in [-0.4, -0.2) is 22.1 Å². The molecular weight excluding hydrogens is 377 g/mol. The van der Waals surface area contributed by atoms with Crippen molar-refractivity contribution in [1.82, 2.24) is 4.98 Å². The van der Waals surface area contributed by atoms with Gasteiger partial charge in [-0.15, -0.1) is 10.2 Å². The van der Waals surface area contributed by atoms with Gasteiger partial charge >= 0.3 is 5.91 Å². The van der Waals surface area contributed by atoms with Gasteiger partial charge in [-0.05, 0) is 30.7 Å². The number of H-pyrrole nitrogens is 1. The maximum atomic E-state index is 12.4. The number of aromatic nitrogens is 1. The minimum absolute atomic E-state index is 0.155. The second-order valence-corrected chi connectivity index (χ2v) is 6.34. The number of fused-ring (bicyclic) bond motifs is 1. The number of aromatic amines is 1. The number of aromatic hydroxyl groups is 1. The summed E-state index contributed by atoms with van der Waals surface area (Å²) in [7, 11) is 0. The van der Waals surface area contributed by atoms with Gasteiger partial charge < -0.3 is 14.8 Å². The van der Waals surface area contributed by atoms with Crippen molar-refractivity contribution in [2.24, 2.45) is 10.2 Å². The molecule has 0 radical (unpaired) electrons. The molecule has 0 saturated carbocycles. The largest absolute Gasteiger partial charge is 0.493 e. The molecular formula is C18H15Cl2N3O3. The molecule has 2 aromatic carbocycles. The maximum absolute atomic E-state index is 12.4. The van der Waals surface area contributed by atoms with Crippen molar-refractivity contribution < 1.29 is 14.6 Å².